The minimum Gasteiger partial charge on any atom is -0.400 e. The maximum Gasteiger partial charge on any atom is 0.177 e. The van der Waals surface area contributed by atoms with E-state index in [-0.39, 0.29) is 17.0 Å². The van der Waals surface area contributed by atoms with E-state index in [1.165, 1.54) is 6.07 Å². The summed E-state index contributed by atoms with van der Waals surface area (Å²) in [6, 6.07) is 3.09. The van der Waals surface area contributed by atoms with Crippen molar-refractivity contribution < 1.29 is 14.0 Å². The van der Waals surface area contributed by atoms with E-state index in [0.29, 0.717) is 5.58 Å². The number of fused-ring (bicyclic) bond motifs is 1. The molecule has 0 saturated heterocycles. The number of halogens is 1. The van der Waals surface area contributed by atoms with Crippen molar-refractivity contribution in [2.24, 2.45) is 0 Å². The summed E-state index contributed by atoms with van der Waals surface area (Å²) < 4.78 is 18.0. The van der Waals surface area contributed by atoms with Gasteiger partial charge in [-0.15, -0.1) is 0 Å². The maximum absolute atomic E-state index is 13.2. The predicted molar refractivity (Wildman–Crippen MR) is 62.6 cm³/mol. The second-order valence-corrected chi connectivity index (χ2v) is 2.69. The highest BCUT2D eigenvalue weighted by Crippen LogP contribution is 2.24. The summed E-state index contributed by atoms with van der Waals surface area (Å²) in [5.41, 5.74) is 6.56. The first-order valence-electron chi connectivity index (χ1n) is 4.94. The van der Waals surface area contributed by atoms with E-state index in [1.807, 2.05) is 13.8 Å². The van der Waals surface area contributed by atoms with Crippen molar-refractivity contribution in [1.82, 2.24) is 5.16 Å². The zero-order valence-corrected chi connectivity index (χ0v) is 9.91. The lowest BCUT2D eigenvalue weighted by Gasteiger charge is -1.93. The number of hydrogen-bond donors (Lipinski definition) is 2. The standard InChI is InChI=1S/C8H7FN2O.C2H6.CH4O/c1-4-2-5(9)7-6(3-4)12-11-8(7)10;2*1-2/h2-3H,1H3,(H2,10,11);1-2H3;2H,1H3. The maximum atomic E-state index is 13.2. The van der Waals surface area contributed by atoms with Crippen LogP contribution in [0.4, 0.5) is 10.2 Å². The average molecular weight is 228 g/mol. The second kappa shape index (κ2) is 6.79. The lowest BCUT2D eigenvalue weighted by molar-refractivity contribution is 0.399. The Morgan fingerprint density at radius 2 is 1.88 bits per heavy atom. The summed E-state index contributed by atoms with van der Waals surface area (Å²) in [7, 11) is 1.00. The van der Waals surface area contributed by atoms with Gasteiger partial charge in [-0.05, 0) is 24.6 Å². The molecule has 2 aromatic rings. The van der Waals surface area contributed by atoms with Crippen LogP contribution in [0.2, 0.25) is 0 Å². The van der Waals surface area contributed by atoms with Crippen molar-refractivity contribution in [1.29, 1.82) is 0 Å². The minimum atomic E-state index is -0.385. The van der Waals surface area contributed by atoms with Gasteiger partial charge in [-0.1, -0.05) is 19.0 Å². The second-order valence-electron chi connectivity index (χ2n) is 2.69. The first-order chi connectivity index (χ1) is 7.68. The summed E-state index contributed by atoms with van der Waals surface area (Å²) in [6.07, 6.45) is 0. The first-order valence-corrected chi connectivity index (χ1v) is 4.94. The SMILES string of the molecule is CC.CO.Cc1cc(F)c2c(N)noc2c1. The Balaban J connectivity index is 0.000000509. The van der Waals surface area contributed by atoms with Gasteiger partial charge in [0.15, 0.2) is 11.4 Å². The molecule has 0 saturated carbocycles. The van der Waals surface area contributed by atoms with Crippen LogP contribution < -0.4 is 5.73 Å². The molecule has 2 rings (SSSR count). The van der Waals surface area contributed by atoms with E-state index in [1.54, 1.807) is 13.0 Å². The van der Waals surface area contributed by atoms with Gasteiger partial charge in [-0.3, -0.25) is 0 Å². The minimum absolute atomic E-state index is 0.0995. The predicted octanol–water partition coefficient (Wildman–Crippen LogP) is 2.49. The molecule has 90 valence electrons. The quantitative estimate of drug-likeness (QED) is 0.726. The van der Waals surface area contributed by atoms with Crippen LogP contribution in [0.15, 0.2) is 16.7 Å². The zero-order chi connectivity index (χ0) is 12.7. The fraction of sp³-hybridized carbons (Fsp3) is 0.364. The number of hydrogen-bond acceptors (Lipinski definition) is 4. The monoisotopic (exact) mass is 228 g/mol. The topological polar surface area (TPSA) is 72.3 Å². The number of aromatic nitrogens is 1. The number of nitrogens with two attached hydrogens (primary N) is 1. The number of benzene rings is 1. The summed E-state index contributed by atoms with van der Waals surface area (Å²) in [5.74, 6) is -0.286. The number of nitrogen functional groups attached to an aromatic ring is 1. The molecule has 16 heavy (non-hydrogen) atoms. The molecule has 0 unspecified atom stereocenters. The summed E-state index contributed by atoms with van der Waals surface area (Å²) in [6.45, 7) is 5.78. The molecular formula is C11H17FN2O2. The van der Waals surface area contributed by atoms with Crippen molar-refractivity contribution in [3.05, 3.63) is 23.5 Å². The Kier molecular flexibility index (Phi) is 6.10. The lowest BCUT2D eigenvalue weighted by Crippen LogP contribution is -1.86. The number of nitrogens with zero attached hydrogens (tertiary/aromatic N) is 1. The van der Waals surface area contributed by atoms with Gasteiger partial charge >= 0.3 is 0 Å². The zero-order valence-electron chi connectivity index (χ0n) is 9.91. The highest BCUT2D eigenvalue weighted by atomic mass is 19.1. The number of anilines is 1. The van der Waals surface area contributed by atoms with E-state index in [9.17, 15) is 4.39 Å². The molecule has 3 N–H and O–H groups in total. The van der Waals surface area contributed by atoms with Gasteiger partial charge in [0.05, 0.1) is 0 Å². The molecule has 0 aliphatic rings. The third-order valence-corrected chi connectivity index (χ3v) is 1.70. The first kappa shape index (κ1) is 14.4. The van der Waals surface area contributed by atoms with Crippen molar-refractivity contribution >= 4 is 16.8 Å². The Labute approximate surface area is 93.8 Å². The van der Waals surface area contributed by atoms with Gasteiger partial charge in [0.25, 0.3) is 0 Å². The summed E-state index contributed by atoms with van der Waals surface area (Å²) in [5, 5.41) is 10.7. The molecule has 0 radical (unpaired) electrons. The van der Waals surface area contributed by atoms with Crippen molar-refractivity contribution in [2.75, 3.05) is 12.8 Å². The molecular weight excluding hydrogens is 211 g/mol. The van der Waals surface area contributed by atoms with E-state index in [2.05, 4.69) is 5.16 Å². The average Bonchev–Trinajstić information content (AvgIpc) is 2.66. The molecule has 0 aliphatic carbocycles. The molecule has 1 aromatic heterocycles. The van der Waals surface area contributed by atoms with Crippen LogP contribution in [0.3, 0.4) is 0 Å². The van der Waals surface area contributed by atoms with Gasteiger partial charge in [0.2, 0.25) is 0 Å². The van der Waals surface area contributed by atoms with Gasteiger partial charge < -0.3 is 15.4 Å². The largest absolute Gasteiger partial charge is 0.400 e. The Morgan fingerprint density at radius 3 is 2.44 bits per heavy atom. The summed E-state index contributed by atoms with van der Waals surface area (Å²) in [4.78, 5) is 0. The van der Waals surface area contributed by atoms with Crippen molar-refractivity contribution in [2.45, 2.75) is 20.8 Å². The van der Waals surface area contributed by atoms with Crippen LogP contribution >= 0.6 is 0 Å². The number of rotatable bonds is 0. The Morgan fingerprint density at radius 1 is 1.31 bits per heavy atom. The number of aliphatic hydroxyl groups is 1. The fourth-order valence-corrected chi connectivity index (χ4v) is 1.17. The lowest BCUT2D eigenvalue weighted by atomic mass is 10.2. The summed E-state index contributed by atoms with van der Waals surface area (Å²) >= 11 is 0. The highest BCUT2D eigenvalue weighted by molar-refractivity contribution is 5.87. The number of aryl methyl sites for hydroxylation is 1. The van der Waals surface area contributed by atoms with Gasteiger partial charge in [-0.25, -0.2) is 4.39 Å². The Bertz CT molecular complexity index is 441. The van der Waals surface area contributed by atoms with E-state index in [0.717, 1.165) is 12.7 Å². The molecule has 5 heteroatoms. The number of aliphatic hydroxyl groups excluding tert-OH is 1. The normalized spacial score (nSPS) is 8.88. The van der Waals surface area contributed by atoms with E-state index in [4.69, 9.17) is 15.4 Å². The van der Waals surface area contributed by atoms with Crippen LogP contribution in [-0.2, 0) is 0 Å². The van der Waals surface area contributed by atoms with Crippen LogP contribution in [0.25, 0.3) is 11.0 Å². The molecule has 0 bridgehead atoms. The van der Waals surface area contributed by atoms with E-state index >= 15 is 0 Å². The van der Waals surface area contributed by atoms with Gasteiger partial charge in [-0.2, -0.15) is 0 Å². The molecule has 0 aliphatic heterocycles. The van der Waals surface area contributed by atoms with Crippen LogP contribution in [0.1, 0.15) is 19.4 Å². The van der Waals surface area contributed by atoms with E-state index < -0.39 is 0 Å². The third-order valence-electron chi connectivity index (χ3n) is 1.70. The van der Waals surface area contributed by atoms with Crippen LogP contribution in [-0.4, -0.2) is 17.4 Å². The van der Waals surface area contributed by atoms with Gasteiger partial charge in [0.1, 0.15) is 11.2 Å². The molecule has 0 spiro atoms. The van der Waals surface area contributed by atoms with Crippen LogP contribution in [0, 0.1) is 12.7 Å². The molecule has 0 fully saturated rings. The Hall–Kier alpha value is -1.62. The molecule has 0 amide bonds. The molecule has 1 aromatic carbocycles. The smallest absolute Gasteiger partial charge is 0.177 e. The highest BCUT2D eigenvalue weighted by Gasteiger charge is 2.10. The van der Waals surface area contributed by atoms with Crippen molar-refractivity contribution in [3.63, 3.8) is 0 Å². The third kappa shape index (κ3) is 2.93. The fourth-order valence-electron chi connectivity index (χ4n) is 1.17. The van der Waals surface area contributed by atoms with Crippen molar-refractivity contribution in [3.8, 4) is 0 Å². The molecule has 1 heterocycles. The van der Waals surface area contributed by atoms with Crippen LogP contribution in [0.5, 0.6) is 0 Å². The van der Waals surface area contributed by atoms with Gasteiger partial charge in [0, 0.05) is 7.11 Å². The molecule has 4 nitrogen and oxygen atoms in total. The molecule has 0 atom stereocenters.